The lowest BCUT2D eigenvalue weighted by molar-refractivity contribution is -0.125. The first-order chi connectivity index (χ1) is 11.9. The molecule has 2 aromatic rings. The van der Waals surface area contributed by atoms with Crippen LogP contribution in [0.25, 0.3) is 0 Å². The Morgan fingerprint density at radius 1 is 1.20 bits per heavy atom. The summed E-state index contributed by atoms with van der Waals surface area (Å²) in [6.45, 7) is 5.85. The fourth-order valence-corrected chi connectivity index (χ4v) is 2.54. The van der Waals surface area contributed by atoms with Gasteiger partial charge in [0.2, 0.25) is 5.91 Å². The predicted molar refractivity (Wildman–Crippen MR) is 92.9 cm³/mol. The zero-order chi connectivity index (χ0) is 18.4. The minimum atomic E-state index is -0.620. The van der Waals surface area contributed by atoms with Crippen molar-refractivity contribution in [1.29, 1.82) is 0 Å². The van der Waals surface area contributed by atoms with Crippen LogP contribution in [0.15, 0.2) is 36.5 Å². The van der Waals surface area contributed by atoms with Crippen LogP contribution < -0.4 is 5.32 Å². The number of nitrogens with zero attached hydrogens (tertiary/aromatic N) is 3. The van der Waals surface area contributed by atoms with Gasteiger partial charge in [-0.05, 0) is 17.9 Å². The molecule has 25 heavy (non-hydrogen) atoms. The number of ether oxygens (including phenoxy) is 1. The van der Waals surface area contributed by atoms with Crippen LogP contribution in [0.5, 0.6) is 0 Å². The van der Waals surface area contributed by atoms with Crippen molar-refractivity contribution in [1.82, 2.24) is 20.3 Å². The van der Waals surface area contributed by atoms with Crippen molar-refractivity contribution in [2.75, 3.05) is 7.11 Å². The average molecular weight is 344 g/mol. The number of carbonyl (C=O) groups is 2. The van der Waals surface area contributed by atoms with Crippen LogP contribution in [-0.2, 0) is 16.0 Å². The van der Waals surface area contributed by atoms with Crippen LogP contribution in [0.4, 0.5) is 4.79 Å². The number of rotatable bonds is 6. The van der Waals surface area contributed by atoms with E-state index >= 15 is 0 Å². The number of methoxy groups -OCH3 is 1. The monoisotopic (exact) mass is 344 g/mol. The van der Waals surface area contributed by atoms with Gasteiger partial charge in [-0.3, -0.25) is 4.79 Å². The summed E-state index contributed by atoms with van der Waals surface area (Å²) >= 11 is 0. The van der Waals surface area contributed by atoms with Crippen molar-refractivity contribution in [3.05, 3.63) is 47.8 Å². The first-order valence-electron chi connectivity index (χ1n) is 8.27. The molecular formula is C18H24N4O3. The Bertz CT molecular complexity index is 712. The summed E-state index contributed by atoms with van der Waals surface area (Å²) in [6.07, 6.45) is 1.52. The molecule has 0 aliphatic rings. The molecule has 1 amide bonds. The van der Waals surface area contributed by atoms with E-state index in [9.17, 15) is 9.59 Å². The maximum absolute atomic E-state index is 12.6. The third-order valence-electron chi connectivity index (χ3n) is 3.99. The molecule has 134 valence electrons. The molecule has 2 unspecified atom stereocenters. The van der Waals surface area contributed by atoms with E-state index in [2.05, 4.69) is 20.4 Å². The zero-order valence-electron chi connectivity index (χ0n) is 15.0. The van der Waals surface area contributed by atoms with Crippen molar-refractivity contribution >= 4 is 12.0 Å². The fraction of sp³-hybridized carbons (Fsp3) is 0.444. The summed E-state index contributed by atoms with van der Waals surface area (Å²) < 4.78 is 5.63. The normalized spacial score (nSPS) is 13.3. The zero-order valence-corrected chi connectivity index (χ0v) is 15.0. The summed E-state index contributed by atoms with van der Waals surface area (Å²) in [4.78, 5) is 24.1. The lowest BCUT2D eigenvalue weighted by Gasteiger charge is -2.22. The second-order valence-electron chi connectivity index (χ2n) is 6.38. The van der Waals surface area contributed by atoms with Gasteiger partial charge in [0.05, 0.1) is 19.3 Å². The van der Waals surface area contributed by atoms with Gasteiger partial charge in [-0.25, -0.2) is 4.79 Å². The summed E-state index contributed by atoms with van der Waals surface area (Å²) in [5.41, 5.74) is 1.64. The van der Waals surface area contributed by atoms with E-state index in [0.717, 1.165) is 10.2 Å². The van der Waals surface area contributed by atoms with Crippen LogP contribution in [0.3, 0.4) is 0 Å². The fourth-order valence-electron chi connectivity index (χ4n) is 2.54. The maximum atomic E-state index is 12.6. The van der Waals surface area contributed by atoms with Gasteiger partial charge in [-0.1, -0.05) is 56.3 Å². The van der Waals surface area contributed by atoms with Crippen molar-refractivity contribution < 1.29 is 14.3 Å². The van der Waals surface area contributed by atoms with Gasteiger partial charge in [0.1, 0.15) is 5.69 Å². The molecule has 0 saturated carbocycles. The topological polar surface area (TPSA) is 86.1 Å². The SMILES string of the molecule is COC(=O)n1cc(C(NC(=O)C(C)Cc2ccccc2)C(C)C)nn1. The van der Waals surface area contributed by atoms with E-state index in [1.807, 2.05) is 51.1 Å². The molecule has 0 aliphatic heterocycles. The van der Waals surface area contributed by atoms with Crippen LogP contribution in [0.2, 0.25) is 0 Å². The molecular weight excluding hydrogens is 320 g/mol. The molecule has 7 heteroatoms. The molecule has 0 radical (unpaired) electrons. The molecule has 0 aliphatic carbocycles. The van der Waals surface area contributed by atoms with E-state index in [4.69, 9.17) is 0 Å². The quantitative estimate of drug-likeness (QED) is 0.870. The van der Waals surface area contributed by atoms with Gasteiger partial charge < -0.3 is 10.1 Å². The summed E-state index contributed by atoms with van der Waals surface area (Å²) in [5.74, 6) is -0.148. The number of amides is 1. The molecule has 2 rings (SSSR count). The molecule has 7 nitrogen and oxygen atoms in total. The minimum absolute atomic E-state index is 0.0600. The molecule has 2 atom stereocenters. The molecule has 0 fully saturated rings. The summed E-state index contributed by atoms with van der Waals surface area (Å²) in [7, 11) is 1.27. The lowest BCUT2D eigenvalue weighted by atomic mass is 9.97. The highest BCUT2D eigenvalue weighted by atomic mass is 16.5. The van der Waals surface area contributed by atoms with Gasteiger partial charge in [0, 0.05) is 5.92 Å². The van der Waals surface area contributed by atoms with Crippen LogP contribution in [0.1, 0.15) is 38.1 Å². The lowest BCUT2D eigenvalue weighted by Crippen LogP contribution is -2.36. The Morgan fingerprint density at radius 2 is 1.88 bits per heavy atom. The predicted octanol–water partition coefficient (Wildman–Crippen LogP) is 2.58. The van der Waals surface area contributed by atoms with E-state index < -0.39 is 6.09 Å². The van der Waals surface area contributed by atoms with Gasteiger partial charge in [0.25, 0.3) is 0 Å². The molecule has 0 saturated heterocycles. The Kier molecular flexibility index (Phi) is 6.27. The van der Waals surface area contributed by atoms with Crippen molar-refractivity contribution in [3.63, 3.8) is 0 Å². The van der Waals surface area contributed by atoms with E-state index in [0.29, 0.717) is 12.1 Å². The number of benzene rings is 1. The Labute approximate surface area is 147 Å². The maximum Gasteiger partial charge on any atom is 0.435 e. The molecule has 1 aromatic carbocycles. The summed E-state index contributed by atoms with van der Waals surface area (Å²) in [6, 6.07) is 9.55. The second-order valence-corrected chi connectivity index (χ2v) is 6.38. The number of nitrogens with one attached hydrogen (secondary N) is 1. The van der Waals surface area contributed by atoms with Crippen molar-refractivity contribution in [3.8, 4) is 0 Å². The molecule has 1 aromatic heterocycles. The molecule has 1 heterocycles. The van der Waals surface area contributed by atoms with Crippen LogP contribution in [0, 0.1) is 11.8 Å². The molecule has 0 bridgehead atoms. The number of carbonyl (C=O) groups excluding carboxylic acids is 2. The number of hydrogen-bond donors (Lipinski definition) is 1. The first-order valence-corrected chi connectivity index (χ1v) is 8.27. The van der Waals surface area contributed by atoms with Gasteiger partial charge in [-0.2, -0.15) is 4.68 Å². The summed E-state index contributed by atoms with van der Waals surface area (Å²) in [5, 5.41) is 10.8. The van der Waals surface area contributed by atoms with Gasteiger partial charge in [-0.15, -0.1) is 5.10 Å². The van der Waals surface area contributed by atoms with Crippen molar-refractivity contribution in [2.45, 2.75) is 33.2 Å². The van der Waals surface area contributed by atoms with E-state index in [1.165, 1.54) is 13.3 Å². The third-order valence-corrected chi connectivity index (χ3v) is 3.99. The Morgan fingerprint density at radius 3 is 2.48 bits per heavy atom. The standard InChI is InChI=1S/C18H24N4O3/c1-12(2)16(15-11-22(21-20-15)18(24)25-4)19-17(23)13(3)10-14-8-6-5-7-9-14/h5-9,11-13,16H,10H2,1-4H3,(H,19,23). The highest BCUT2D eigenvalue weighted by Crippen LogP contribution is 2.20. The second kappa shape index (κ2) is 8.41. The molecule has 1 N–H and O–H groups in total. The van der Waals surface area contributed by atoms with E-state index in [-0.39, 0.29) is 23.8 Å². The highest BCUT2D eigenvalue weighted by molar-refractivity contribution is 5.79. The van der Waals surface area contributed by atoms with Gasteiger partial charge >= 0.3 is 6.09 Å². The number of hydrogen-bond acceptors (Lipinski definition) is 5. The van der Waals surface area contributed by atoms with Gasteiger partial charge in [0.15, 0.2) is 0 Å². The highest BCUT2D eigenvalue weighted by Gasteiger charge is 2.25. The van der Waals surface area contributed by atoms with Crippen LogP contribution in [-0.4, -0.2) is 34.1 Å². The van der Waals surface area contributed by atoms with Crippen LogP contribution >= 0.6 is 0 Å². The largest absolute Gasteiger partial charge is 0.451 e. The van der Waals surface area contributed by atoms with Crippen molar-refractivity contribution in [2.24, 2.45) is 11.8 Å². The smallest absolute Gasteiger partial charge is 0.435 e. The van der Waals surface area contributed by atoms with E-state index in [1.54, 1.807) is 0 Å². The number of aromatic nitrogens is 3. The molecule has 0 spiro atoms. The Balaban J connectivity index is 2.06. The first kappa shape index (κ1) is 18.6. The minimum Gasteiger partial charge on any atom is -0.451 e. The Hall–Kier alpha value is -2.70. The average Bonchev–Trinajstić information content (AvgIpc) is 3.08. The third kappa shape index (κ3) is 4.89.